The number of aryl methyl sites for hydroxylation is 1. The molecule has 0 spiro atoms. The minimum Gasteiger partial charge on any atom is -0.497 e. The highest BCUT2D eigenvalue weighted by Crippen LogP contribution is 2.32. The highest BCUT2D eigenvalue weighted by Gasteiger charge is 2.15. The summed E-state index contributed by atoms with van der Waals surface area (Å²) in [6.45, 7) is 2.81. The number of carbonyl (C=O) groups is 1. The maximum Gasteiger partial charge on any atom is 0.274 e. The molecular formula is C21H20N4O4. The van der Waals surface area contributed by atoms with E-state index in [2.05, 4.69) is 20.6 Å². The lowest BCUT2D eigenvalue weighted by Gasteiger charge is -2.19. The average Bonchev–Trinajstić information content (AvgIpc) is 2.74. The third-order valence-electron chi connectivity index (χ3n) is 4.23. The number of aromatic nitrogens is 2. The first-order chi connectivity index (χ1) is 14.1. The van der Waals surface area contributed by atoms with E-state index < -0.39 is 0 Å². The molecule has 2 heterocycles. The molecule has 4 rings (SSSR count). The van der Waals surface area contributed by atoms with E-state index in [1.165, 1.54) is 0 Å². The van der Waals surface area contributed by atoms with Gasteiger partial charge in [0.05, 0.1) is 7.11 Å². The molecule has 1 amide bonds. The molecule has 2 N–H and O–H groups in total. The topological polar surface area (TPSA) is 94.6 Å². The number of nitrogens with one attached hydrogen (secondary N) is 2. The highest BCUT2D eigenvalue weighted by atomic mass is 16.6. The summed E-state index contributed by atoms with van der Waals surface area (Å²) in [5.41, 5.74) is 2.31. The molecule has 3 aromatic rings. The number of nitrogens with zero attached hydrogens (tertiary/aromatic N) is 2. The quantitative estimate of drug-likeness (QED) is 0.685. The molecule has 148 valence electrons. The Labute approximate surface area is 167 Å². The lowest BCUT2D eigenvalue weighted by Crippen LogP contribution is -2.17. The zero-order valence-corrected chi connectivity index (χ0v) is 16.1. The molecule has 0 bridgehead atoms. The van der Waals surface area contributed by atoms with Crippen molar-refractivity contribution in [2.24, 2.45) is 0 Å². The molecular weight excluding hydrogens is 372 g/mol. The Bertz CT molecular complexity index is 1040. The first kappa shape index (κ1) is 18.5. The van der Waals surface area contributed by atoms with Crippen LogP contribution in [0.25, 0.3) is 0 Å². The summed E-state index contributed by atoms with van der Waals surface area (Å²) in [5, 5.41) is 5.93. The van der Waals surface area contributed by atoms with E-state index in [4.69, 9.17) is 14.2 Å². The average molecular weight is 392 g/mol. The molecule has 0 unspecified atom stereocenters. The van der Waals surface area contributed by atoms with Crippen LogP contribution in [0.5, 0.6) is 17.2 Å². The molecule has 29 heavy (non-hydrogen) atoms. The second kappa shape index (κ2) is 8.05. The molecule has 0 aliphatic carbocycles. The maximum atomic E-state index is 12.7. The fourth-order valence-electron chi connectivity index (χ4n) is 2.86. The van der Waals surface area contributed by atoms with E-state index in [-0.39, 0.29) is 11.6 Å². The largest absolute Gasteiger partial charge is 0.497 e. The number of hydrogen-bond donors (Lipinski definition) is 2. The second-order valence-electron chi connectivity index (χ2n) is 6.38. The van der Waals surface area contributed by atoms with Gasteiger partial charge in [-0.2, -0.15) is 0 Å². The predicted molar refractivity (Wildman–Crippen MR) is 108 cm³/mol. The van der Waals surface area contributed by atoms with E-state index in [0.29, 0.717) is 42.0 Å². The number of carbonyl (C=O) groups excluding carboxylic acids is 1. The normalized spacial score (nSPS) is 12.2. The molecule has 1 aromatic heterocycles. The molecule has 0 fully saturated rings. The number of amides is 1. The Kier molecular flexibility index (Phi) is 5.15. The van der Waals surface area contributed by atoms with Crippen LogP contribution in [0, 0.1) is 6.92 Å². The van der Waals surface area contributed by atoms with Gasteiger partial charge in [0.15, 0.2) is 11.5 Å². The van der Waals surface area contributed by atoms with Crippen LogP contribution >= 0.6 is 0 Å². The first-order valence-electron chi connectivity index (χ1n) is 9.08. The monoisotopic (exact) mass is 392 g/mol. The van der Waals surface area contributed by atoms with Crippen LogP contribution in [0.15, 0.2) is 48.5 Å². The van der Waals surface area contributed by atoms with Gasteiger partial charge in [0.25, 0.3) is 5.91 Å². The van der Waals surface area contributed by atoms with Crippen molar-refractivity contribution in [2.45, 2.75) is 6.92 Å². The van der Waals surface area contributed by atoms with E-state index in [1.807, 2.05) is 31.2 Å². The van der Waals surface area contributed by atoms with Gasteiger partial charge in [-0.05, 0) is 49.4 Å². The van der Waals surface area contributed by atoms with Crippen molar-refractivity contribution < 1.29 is 19.0 Å². The Balaban J connectivity index is 1.51. The SMILES string of the molecule is COc1ccc(Nc2nc(C)cc(C(=O)Nc3ccc4c(c3)OCCO4)n2)cc1. The van der Waals surface area contributed by atoms with E-state index in [9.17, 15) is 4.79 Å². The van der Waals surface area contributed by atoms with Crippen LogP contribution in [-0.4, -0.2) is 36.2 Å². The van der Waals surface area contributed by atoms with E-state index >= 15 is 0 Å². The summed E-state index contributed by atoms with van der Waals surface area (Å²) < 4.78 is 16.2. The van der Waals surface area contributed by atoms with E-state index in [0.717, 1.165) is 11.4 Å². The number of anilines is 3. The van der Waals surface area contributed by atoms with Crippen LogP contribution in [0.4, 0.5) is 17.3 Å². The standard InChI is InChI=1S/C21H20N4O4/c1-13-11-17(25-21(22-13)24-14-3-6-16(27-2)7-4-14)20(26)23-15-5-8-18-19(12-15)29-10-9-28-18/h3-8,11-12H,9-10H2,1-2H3,(H,23,26)(H,22,24,25). The van der Waals surface area contributed by atoms with Crippen molar-refractivity contribution in [3.8, 4) is 17.2 Å². The smallest absolute Gasteiger partial charge is 0.274 e. The van der Waals surface area contributed by atoms with Gasteiger partial charge in [0.2, 0.25) is 5.95 Å². The van der Waals surface area contributed by atoms with Crippen molar-refractivity contribution in [3.63, 3.8) is 0 Å². The fraction of sp³-hybridized carbons (Fsp3) is 0.190. The van der Waals surface area contributed by atoms with Crippen molar-refractivity contribution >= 4 is 23.2 Å². The number of rotatable bonds is 5. The first-order valence-corrected chi connectivity index (χ1v) is 9.08. The van der Waals surface area contributed by atoms with Crippen molar-refractivity contribution in [2.75, 3.05) is 31.0 Å². The Morgan fingerprint density at radius 1 is 0.966 bits per heavy atom. The van der Waals surface area contributed by atoms with Gasteiger partial charge in [-0.25, -0.2) is 9.97 Å². The minimum absolute atomic E-state index is 0.253. The summed E-state index contributed by atoms with van der Waals surface area (Å²) in [6.07, 6.45) is 0. The third-order valence-corrected chi connectivity index (χ3v) is 4.23. The van der Waals surface area contributed by atoms with Crippen LogP contribution in [0.2, 0.25) is 0 Å². The van der Waals surface area contributed by atoms with Gasteiger partial charge in [0.1, 0.15) is 24.7 Å². The Morgan fingerprint density at radius 2 is 1.69 bits per heavy atom. The summed E-state index contributed by atoms with van der Waals surface area (Å²) in [4.78, 5) is 21.4. The zero-order chi connectivity index (χ0) is 20.2. The number of fused-ring (bicyclic) bond motifs is 1. The van der Waals surface area contributed by atoms with Crippen LogP contribution in [0.3, 0.4) is 0 Å². The number of methoxy groups -OCH3 is 1. The molecule has 0 saturated heterocycles. The van der Waals surface area contributed by atoms with Crippen LogP contribution in [0.1, 0.15) is 16.2 Å². The number of ether oxygens (including phenoxy) is 3. The summed E-state index contributed by atoms with van der Waals surface area (Å²) in [5.74, 6) is 2.01. The molecule has 1 aliphatic heterocycles. The van der Waals surface area contributed by atoms with Gasteiger partial charge >= 0.3 is 0 Å². The molecule has 0 saturated carbocycles. The summed E-state index contributed by atoms with van der Waals surface area (Å²) >= 11 is 0. The van der Waals surface area contributed by atoms with Crippen LogP contribution in [-0.2, 0) is 0 Å². The molecule has 0 radical (unpaired) electrons. The number of benzene rings is 2. The summed E-state index contributed by atoms with van der Waals surface area (Å²) in [7, 11) is 1.61. The fourth-order valence-corrected chi connectivity index (χ4v) is 2.86. The van der Waals surface area contributed by atoms with E-state index in [1.54, 1.807) is 31.4 Å². The summed E-state index contributed by atoms with van der Waals surface area (Å²) in [6, 6.07) is 14.2. The lowest BCUT2D eigenvalue weighted by molar-refractivity contribution is 0.102. The number of hydrogen-bond acceptors (Lipinski definition) is 7. The van der Waals surface area contributed by atoms with Gasteiger partial charge in [-0.1, -0.05) is 0 Å². The molecule has 1 aliphatic rings. The van der Waals surface area contributed by atoms with Gasteiger partial charge in [0, 0.05) is 23.1 Å². The third kappa shape index (κ3) is 4.37. The highest BCUT2D eigenvalue weighted by molar-refractivity contribution is 6.03. The van der Waals surface area contributed by atoms with Crippen LogP contribution < -0.4 is 24.8 Å². The van der Waals surface area contributed by atoms with Gasteiger partial charge in [-0.15, -0.1) is 0 Å². The minimum atomic E-state index is -0.343. The van der Waals surface area contributed by atoms with Gasteiger partial charge < -0.3 is 24.8 Å². The van der Waals surface area contributed by atoms with Crippen molar-refractivity contribution in [1.82, 2.24) is 9.97 Å². The van der Waals surface area contributed by atoms with Gasteiger partial charge in [-0.3, -0.25) is 4.79 Å². The molecule has 8 heteroatoms. The van der Waals surface area contributed by atoms with Crippen molar-refractivity contribution in [1.29, 1.82) is 0 Å². The zero-order valence-electron chi connectivity index (χ0n) is 16.1. The van der Waals surface area contributed by atoms with Crippen molar-refractivity contribution in [3.05, 3.63) is 59.9 Å². The molecule has 0 atom stereocenters. The molecule has 2 aromatic carbocycles. The second-order valence-corrected chi connectivity index (χ2v) is 6.38. The predicted octanol–water partition coefficient (Wildman–Crippen LogP) is 3.56. The Morgan fingerprint density at radius 3 is 2.45 bits per heavy atom. The lowest BCUT2D eigenvalue weighted by atomic mass is 10.2. The Hall–Kier alpha value is -3.81. The molecule has 8 nitrogen and oxygen atoms in total. The maximum absolute atomic E-state index is 12.7.